The molecule has 2 N–H and O–H groups in total. The van der Waals surface area contributed by atoms with E-state index >= 15 is 0 Å². The molecule has 1 fully saturated rings. The molecule has 1 aliphatic rings. The van der Waals surface area contributed by atoms with E-state index in [9.17, 15) is 9.90 Å². The second-order valence-electron chi connectivity index (χ2n) is 5.70. The topological polar surface area (TPSA) is 58.6 Å². The van der Waals surface area contributed by atoms with Crippen LogP contribution in [0.15, 0.2) is 24.3 Å². The van der Waals surface area contributed by atoms with E-state index in [1.165, 1.54) is 0 Å². The van der Waals surface area contributed by atoms with E-state index < -0.39 is 17.3 Å². The molecule has 1 aromatic rings. The Balaban J connectivity index is 2.12. The van der Waals surface area contributed by atoms with Crippen LogP contribution in [0.1, 0.15) is 39.2 Å². The maximum atomic E-state index is 11.7. The molecule has 0 unspecified atom stereocenters. The van der Waals surface area contributed by atoms with Gasteiger partial charge in [-0.05, 0) is 39.7 Å². The van der Waals surface area contributed by atoms with Gasteiger partial charge in [-0.1, -0.05) is 18.2 Å². The molecule has 0 radical (unpaired) electrons. The van der Waals surface area contributed by atoms with Crippen LogP contribution in [0.25, 0.3) is 0 Å². The molecule has 0 aromatic heterocycles. The van der Waals surface area contributed by atoms with E-state index in [-0.39, 0.29) is 0 Å². The van der Waals surface area contributed by atoms with Crippen molar-refractivity contribution in [1.29, 1.82) is 0 Å². The van der Waals surface area contributed by atoms with Crippen molar-refractivity contribution in [2.24, 2.45) is 0 Å². The molecule has 4 nitrogen and oxygen atoms in total. The van der Waals surface area contributed by atoms with E-state index in [4.69, 9.17) is 4.74 Å². The first kappa shape index (κ1) is 12.9. The number of para-hydroxylation sites is 1. The maximum Gasteiger partial charge on any atom is 0.412 e. The summed E-state index contributed by atoms with van der Waals surface area (Å²) < 4.78 is 5.20. The third-order valence-electron chi connectivity index (χ3n) is 2.79. The van der Waals surface area contributed by atoms with Gasteiger partial charge < -0.3 is 9.84 Å². The lowest BCUT2D eigenvalue weighted by atomic mass is 10.1. The highest BCUT2D eigenvalue weighted by Crippen LogP contribution is 2.47. The predicted octanol–water partition coefficient (Wildman–Crippen LogP) is 3.02. The van der Waals surface area contributed by atoms with E-state index in [0.717, 1.165) is 18.4 Å². The monoisotopic (exact) mass is 249 g/mol. The van der Waals surface area contributed by atoms with Crippen LogP contribution in [-0.2, 0) is 10.3 Å². The van der Waals surface area contributed by atoms with Gasteiger partial charge in [0.05, 0.1) is 11.3 Å². The summed E-state index contributed by atoms with van der Waals surface area (Å²) in [6.07, 6.45) is 0.972. The number of amides is 1. The first-order valence-corrected chi connectivity index (χ1v) is 6.12. The second-order valence-corrected chi connectivity index (χ2v) is 5.70. The Morgan fingerprint density at radius 2 is 1.94 bits per heavy atom. The molecular weight excluding hydrogens is 230 g/mol. The van der Waals surface area contributed by atoms with Gasteiger partial charge in [-0.2, -0.15) is 0 Å². The molecule has 0 saturated heterocycles. The lowest BCUT2D eigenvalue weighted by Gasteiger charge is -2.21. The highest BCUT2D eigenvalue weighted by molar-refractivity contribution is 5.86. The van der Waals surface area contributed by atoms with Crippen molar-refractivity contribution in [1.82, 2.24) is 0 Å². The van der Waals surface area contributed by atoms with Crippen molar-refractivity contribution < 1.29 is 14.6 Å². The Morgan fingerprint density at radius 1 is 1.33 bits per heavy atom. The number of benzene rings is 1. The fourth-order valence-electron chi connectivity index (χ4n) is 1.80. The van der Waals surface area contributed by atoms with Crippen LogP contribution in [0.5, 0.6) is 0 Å². The normalized spacial score (nSPS) is 17.1. The lowest BCUT2D eigenvalue weighted by Crippen LogP contribution is -2.28. The van der Waals surface area contributed by atoms with Crippen LogP contribution in [0, 0.1) is 0 Å². The van der Waals surface area contributed by atoms with Gasteiger partial charge in [0.25, 0.3) is 0 Å². The van der Waals surface area contributed by atoms with E-state index in [2.05, 4.69) is 5.32 Å². The molecule has 0 aliphatic heterocycles. The third-order valence-corrected chi connectivity index (χ3v) is 2.79. The van der Waals surface area contributed by atoms with Crippen molar-refractivity contribution >= 4 is 11.8 Å². The third kappa shape index (κ3) is 3.01. The van der Waals surface area contributed by atoms with Gasteiger partial charge in [0, 0.05) is 5.56 Å². The molecule has 1 saturated carbocycles. The zero-order chi connectivity index (χ0) is 13.4. The van der Waals surface area contributed by atoms with Crippen LogP contribution in [0.2, 0.25) is 0 Å². The molecule has 0 heterocycles. The minimum atomic E-state index is -0.772. The number of carbonyl (C=O) groups excluding carboxylic acids is 1. The van der Waals surface area contributed by atoms with E-state index in [1.807, 2.05) is 39.0 Å². The summed E-state index contributed by atoms with van der Waals surface area (Å²) >= 11 is 0. The molecule has 1 aromatic carbocycles. The van der Waals surface area contributed by atoms with Crippen molar-refractivity contribution in [2.75, 3.05) is 5.32 Å². The summed E-state index contributed by atoms with van der Waals surface area (Å²) in [6, 6.07) is 7.28. The number of rotatable bonds is 2. The fourth-order valence-corrected chi connectivity index (χ4v) is 1.80. The Bertz CT molecular complexity index is 458. The minimum absolute atomic E-state index is 0.501. The molecule has 98 valence electrons. The molecule has 4 heteroatoms. The molecule has 0 spiro atoms. The Kier molecular flexibility index (Phi) is 3.07. The summed E-state index contributed by atoms with van der Waals surface area (Å²) in [4.78, 5) is 11.7. The lowest BCUT2D eigenvalue weighted by molar-refractivity contribution is 0.0635. The summed E-state index contributed by atoms with van der Waals surface area (Å²) in [5.41, 5.74) is 0.0730. The standard InChI is InChI=1S/C14H19NO3/c1-13(2,3)18-12(16)15-11-7-5-4-6-10(11)14(17)8-9-14/h4-7,17H,8-9H2,1-3H3,(H,15,16). The van der Waals surface area contributed by atoms with Crippen LogP contribution < -0.4 is 5.32 Å². The molecule has 18 heavy (non-hydrogen) atoms. The highest BCUT2D eigenvalue weighted by Gasteiger charge is 2.43. The smallest absolute Gasteiger partial charge is 0.412 e. The van der Waals surface area contributed by atoms with Crippen LogP contribution in [0.4, 0.5) is 10.5 Å². The molecule has 0 bridgehead atoms. The molecule has 2 rings (SSSR count). The number of nitrogens with one attached hydrogen (secondary N) is 1. The number of carbonyl (C=O) groups is 1. The van der Waals surface area contributed by atoms with Gasteiger partial charge in [-0.25, -0.2) is 4.79 Å². The maximum absolute atomic E-state index is 11.7. The SMILES string of the molecule is CC(C)(C)OC(=O)Nc1ccccc1C1(O)CC1. The number of anilines is 1. The summed E-state index contributed by atoms with van der Waals surface area (Å²) in [6.45, 7) is 5.44. The predicted molar refractivity (Wildman–Crippen MR) is 69.4 cm³/mol. The largest absolute Gasteiger partial charge is 0.444 e. The average molecular weight is 249 g/mol. The van der Waals surface area contributed by atoms with Gasteiger partial charge in [-0.15, -0.1) is 0 Å². The summed E-state index contributed by atoms with van der Waals surface area (Å²) in [5.74, 6) is 0. The Hall–Kier alpha value is -1.55. The molecular formula is C14H19NO3. The number of hydrogen-bond acceptors (Lipinski definition) is 3. The van der Waals surface area contributed by atoms with Gasteiger partial charge in [-0.3, -0.25) is 5.32 Å². The van der Waals surface area contributed by atoms with Gasteiger partial charge in [0.2, 0.25) is 0 Å². The van der Waals surface area contributed by atoms with Gasteiger partial charge in [0.1, 0.15) is 5.60 Å². The van der Waals surface area contributed by atoms with Crippen LogP contribution >= 0.6 is 0 Å². The first-order valence-electron chi connectivity index (χ1n) is 6.12. The van der Waals surface area contributed by atoms with Crippen LogP contribution in [0.3, 0.4) is 0 Å². The Morgan fingerprint density at radius 3 is 2.50 bits per heavy atom. The number of ether oxygens (including phenoxy) is 1. The fraction of sp³-hybridized carbons (Fsp3) is 0.500. The Labute approximate surface area is 107 Å². The van der Waals surface area contributed by atoms with E-state index in [0.29, 0.717) is 5.69 Å². The molecule has 1 amide bonds. The van der Waals surface area contributed by atoms with Gasteiger partial charge >= 0.3 is 6.09 Å². The van der Waals surface area contributed by atoms with E-state index in [1.54, 1.807) is 6.07 Å². The quantitative estimate of drug-likeness (QED) is 0.847. The van der Waals surface area contributed by atoms with Crippen molar-refractivity contribution in [3.05, 3.63) is 29.8 Å². The zero-order valence-electron chi connectivity index (χ0n) is 11.0. The number of aliphatic hydroxyl groups is 1. The number of hydrogen-bond donors (Lipinski definition) is 2. The van der Waals surface area contributed by atoms with Crippen molar-refractivity contribution in [3.63, 3.8) is 0 Å². The zero-order valence-corrected chi connectivity index (χ0v) is 11.0. The first-order chi connectivity index (χ1) is 8.30. The molecule has 1 aliphatic carbocycles. The van der Waals surface area contributed by atoms with Crippen molar-refractivity contribution in [3.8, 4) is 0 Å². The summed E-state index contributed by atoms with van der Waals surface area (Å²) in [5, 5.41) is 12.8. The summed E-state index contributed by atoms with van der Waals surface area (Å²) in [7, 11) is 0. The van der Waals surface area contributed by atoms with Gasteiger partial charge in [0.15, 0.2) is 0 Å². The van der Waals surface area contributed by atoms with Crippen LogP contribution in [-0.4, -0.2) is 16.8 Å². The highest BCUT2D eigenvalue weighted by atomic mass is 16.6. The van der Waals surface area contributed by atoms with Crippen molar-refractivity contribution in [2.45, 2.75) is 44.8 Å². The molecule has 0 atom stereocenters. The second kappa shape index (κ2) is 4.28. The average Bonchev–Trinajstić information content (AvgIpc) is 2.95. The minimum Gasteiger partial charge on any atom is -0.444 e.